The standard InChI is InChI=1S/C13H20N4O2.C8H17NO4P2.C7H8.2C6H14O.C2H6/c1-9(2)6-10(3)17-12(18)8-16-13(19)11-7-14-4-5-15-11;1-3-4-5-6-7(10)9-8(14-11)15(12)13-2;1-7-5-3-2-4-6-7;2*1-3-4-5-6-7-2;1-2/h4-5,7,9-10H,6,8H2,1-3H3,(H,16,19)(H,17,18);8,12H,3-6H2,1-2H3,(H,9,10);2-6H,1H3;2*3-6H2,1-2H3;1-2H3/t10-;;;;;/m1...../s1. The number of ether oxygens (including phenoxy) is 2. The Morgan fingerprint density at radius 2 is 1.35 bits per heavy atom. The molecule has 0 spiro atoms. The number of hydrogen-bond donors (Lipinski definition) is 4. The van der Waals surface area contributed by atoms with Gasteiger partial charge >= 0.3 is 0 Å². The zero-order valence-electron chi connectivity index (χ0n) is 37.3. The lowest BCUT2D eigenvalue weighted by Crippen LogP contribution is -2.41. The summed E-state index contributed by atoms with van der Waals surface area (Å²) in [5.74, 6) is -0.287. The summed E-state index contributed by atoms with van der Waals surface area (Å²) in [7, 11) is 2.63. The summed E-state index contributed by atoms with van der Waals surface area (Å²) in [6.45, 7) is 20.4. The average Bonchev–Trinajstić information content (AvgIpc) is 3.21. The second-order valence-corrected chi connectivity index (χ2v) is 15.5. The Morgan fingerprint density at radius 1 is 0.807 bits per heavy atom. The van der Waals surface area contributed by atoms with Crippen molar-refractivity contribution >= 4 is 34.6 Å². The van der Waals surface area contributed by atoms with Crippen LogP contribution in [0.2, 0.25) is 0 Å². The van der Waals surface area contributed by atoms with E-state index in [4.69, 9.17) is 9.47 Å². The van der Waals surface area contributed by atoms with Crippen molar-refractivity contribution in [1.82, 2.24) is 25.9 Å². The minimum Gasteiger partial charge on any atom is -0.385 e. The van der Waals surface area contributed by atoms with Crippen molar-refractivity contribution in [2.45, 2.75) is 145 Å². The Bertz CT molecular complexity index is 1150. The minimum absolute atomic E-state index is 0.0577. The van der Waals surface area contributed by atoms with Crippen LogP contribution in [0, 0.1) is 12.8 Å². The number of unbranched alkanes of at least 4 members (excludes halogenated alkanes) is 6. The Labute approximate surface area is 349 Å². The molecule has 4 N–H and O–H groups in total. The lowest BCUT2D eigenvalue weighted by molar-refractivity contribution is -0.121. The van der Waals surface area contributed by atoms with Crippen LogP contribution in [0.1, 0.15) is 142 Å². The van der Waals surface area contributed by atoms with E-state index in [0.29, 0.717) is 12.3 Å². The number of nitrogens with zero attached hydrogens (tertiary/aromatic N) is 2. The maximum Gasteiger partial charge on any atom is 0.271 e. The third-order valence-electron chi connectivity index (χ3n) is 7.08. The number of aromatic nitrogens is 2. The highest BCUT2D eigenvalue weighted by Gasteiger charge is 2.22. The fourth-order valence-corrected chi connectivity index (χ4v) is 5.52. The van der Waals surface area contributed by atoms with Crippen molar-refractivity contribution in [1.29, 1.82) is 0 Å². The van der Waals surface area contributed by atoms with Crippen molar-refractivity contribution in [3.05, 3.63) is 60.2 Å². The first kappa shape index (κ1) is 60.8. The third kappa shape index (κ3) is 45.7. The predicted molar refractivity (Wildman–Crippen MR) is 237 cm³/mol. The maximum absolute atomic E-state index is 11.6. The van der Waals surface area contributed by atoms with Gasteiger partial charge in [0.25, 0.3) is 5.91 Å². The van der Waals surface area contributed by atoms with Crippen LogP contribution in [-0.2, 0) is 28.2 Å². The summed E-state index contributed by atoms with van der Waals surface area (Å²) in [6.07, 6.45) is 16.0. The molecular weight excluding hydrogens is 764 g/mol. The van der Waals surface area contributed by atoms with Gasteiger partial charge in [-0.1, -0.05) is 123 Å². The van der Waals surface area contributed by atoms with Crippen molar-refractivity contribution in [2.75, 3.05) is 41.1 Å². The normalized spacial score (nSPS) is 11.4. The molecule has 2 aromatic rings. The Hall–Kier alpha value is -2.92. The summed E-state index contributed by atoms with van der Waals surface area (Å²) >= 11 is 0. The lowest BCUT2D eigenvalue weighted by atomic mass is 10.1. The summed E-state index contributed by atoms with van der Waals surface area (Å²) in [5, 5.41) is 7.80. The number of nitrogens with one attached hydrogen (secondary N) is 3. The van der Waals surface area contributed by atoms with Crippen LogP contribution in [0.5, 0.6) is 0 Å². The van der Waals surface area contributed by atoms with Gasteiger partial charge in [-0.15, -0.1) is 0 Å². The highest BCUT2D eigenvalue weighted by molar-refractivity contribution is 7.57. The predicted octanol–water partition coefficient (Wildman–Crippen LogP) is 9.63. The van der Waals surface area contributed by atoms with E-state index in [-0.39, 0.29) is 38.6 Å². The fourth-order valence-electron chi connectivity index (χ4n) is 4.26. The molecule has 0 saturated heterocycles. The average molecular weight is 844 g/mol. The summed E-state index contributed by atoms with van der Waals surface area (Å²) in [6, 6.07) is 10.4. The molecule has 3 amide bonds. The third-order valence-corrected chi connectivity index (χ3v) is 9.20. The largest absolute Gasteiger partial charge is 0.385 e. The number of amides is 3. The Kier molecular flexibility index (Phi) is 50.6. The van der Waals surface area contributed by atoms with Gasteiger partial charge in [0, 0.05) is 59.4 Å². The second-order valence-electron chi connectivity index (χ2n) is 12.9. The molecule has 0 aliphatic heterocycles. The van der Waals surface area contributed by atoms with Gasteiger partial charge in [0.1, 0.15) is 5.69 Å². The van der Waals surface area contributed by atoms with Gasteiger partial charge in [-0.05, 0) is 45.4 Å². The Balaban J connectivity index is -0.000000326. The van der Waals surface area contributed by atoms with Gasteiger partial charge in [0.2, 0.25) is 20.2 Å². The lowest BCUT2D eigenvalue weighted by Gasteiger charge is -2.16. The molecule has 0 fully saturated rings. The molecule has 13 nitrogen and oxygen atoms in total. The molecule has 0 saturated carbocycles. The zero-order valence-corrected chi connectivity index (χ0v) is 39.1. The van der Waals surface area contributed by atoms with E-state index in [1.807, 2.05) is 39.0 Å². The van der Waals surface area contributed by atoms with E-state index in [2.05, 4.69) is 84.1 Å². The van der Waals surface area contributed by atoms with Crippen LogP contribution in [-0.4, -0.2) is 85.2 Å². The number of methoxy groups -OCH3 is 2. The molecule has 2 rings (SSSR count). The summed E-state index contributed by atoms with van der Waals surface area (Å²) < 4.78 is 24.9. The first-order chi connectivity index (χ1) is 27.4. The van der Waals surface area contributed by atoms with E-state index < -0.39 is 19.8 Å². The fraction of sp³-hybridized carbons (Fsp3) is 0.690. The van der Waals surface area contributed by atoms with Crippen molar-refractivity contribution in [3.63, 3.8) is 0 Å². The van der Waals surface area contributed by atoms with Crippen LogP contribution >= 0.6 is 16.8 Å². The number of carbonyl (C=O) groups is 3. The SMILES string of the molecule is CC.CC(C)C[C@@H](C)NC(=O)CNC(=O)c1cnccn1.CCCCCC(=O)NC(P=O)P(O)OC.CCCCCOC.CCCCCOC.Cc1ccccc1. The summed E-state index contributed by atoms with van der Waals surface area (Å²) in [5.41, 5.74) is 0.701. The molecule has 1 aromatic heterocycles. The van der Waals surface area contributed by atoms with Crippen LogP contribution in [0.25, 0.3) is 0 Å². The molecule has 0 aliphatic carbocycles. The number of rotatable bonds is 22. The molecule has 3 atom stereocenters. The van der Waals surface area contributed by atoms with E-state index in [1.165, 1.54) is 69.8 Å². The van der Waals surface area contributed by atoms with Gasteiger partial charge in [-0.3, -0.25) is 23.9 Å². The van der Waals surface area contributed by atoms with Crippen LogP contribution in [0.3, 0.4) is 0 Å². The number of benzene rings is 1. The second kappa shape index (κ2) is 47.5. The molecule has 0 radical (unpaired) electrons. The van der Waals surface area contributed by atoms with E-state index in [0.717, 1.165) is 38.9 Å². The molecule has 1 aromatic carbocycles. The first-order valence-corrected chi connectivity index (χ1v) is 22.5. The van der Waals surface area contributed by atoms with Crippen LogP contribution in [0.4, 0.5) is 0 Å². The first-order valence-electron chi connectivity index (χ1n) is 20.3. The molecule has 330 valence electrons. The Morgan fingerprint density at radius 3 is 1.75 bits per heavy atom. The van der Waals surface area contributed by atoms with E-state index >= 15 is 0 Å². The monoisotopic (exact) mass is 844 g/mol. The van der Waals surface area contributed by atoms with Gasteiger partial charge in [-0.25, -0.2) is 4.98 Å². The zero-order chi connectivity index (χ0) is 44.1. The number of hydrogen-bond acceptors (Lipinski definition) is 10. The van der Waals surface area contributed by atoms with Gasteiger partial charge in [0.15, 0.2) is 14.0 Å². The number of aryl methyl sites for hydroxylation is 1. The molecule has 57 heavy (non-hydrogen) atoms. The molecule has 0 aliphatic rings. The van der Waals surface area contributed by atoms with Crippen molar-refractivity contribution in [2.24, 2.45) is 5.92 Å². The maximum atomic E-state index is 11.6. The highest BCUT2D eigenvalue weighted by Crippen LogP contribution is 2.40. The van der Waals surface area contributed by atoms with Crippen LogP contribution < -0.4 is 16.0 Å². The smallest absolute Gasteiger partial charge is 0.271 e. The van der Waals surface area contributed by atoms with Crippen molar-refractivity contribution in [3.8, 4) is 0 Å². The van der Waals surface area contributed by atoms with E-state index in [1.54, 1.807) is 14.2 Å². The molecule has 1 heterocycles. The number of carbonyl (C=O) groups excluding carboxylic acids is 3. The van der Waals surface area contributed by atoms with Gasteiger partial charge in [0.05, 0.1) is 12.7 Å². The van der Waals surface area contributed by atoms with E-state index in [9.17, 15) is 23.8 Å². The molecule has 0 bridgehead atoms. The molecule has 15 heteroatoms. The molecule has 2 unspecified atom stereocenters. The summed E-state index contributed by atoms with van der Waals surface area (Å²) in [4.78, 5) is 51.4. The van der Waals surface area contributed by atoms with Crippen LogP contribution in [0.15, 0.2) is 48.9 Å². The quantitative estimate of drug-likeness (QED) is 0.0659. The van der Waals surface area contributed by atoms with Crippen molar-refractivity contribution < 1.29 is 37.8 Å². The van der Waals surface area contributed by atoms with Gasteiger partial charge < -0.3 is 34.8 Å². The highest BCUT2D eigenvalue weighted by atomic mass is 31.2. The molecular formula is C42H79N5O8P2. The minimum atomic E-state index is -1.85. The topological polar surface area (TPSA) is 178 Å². The van der Waals surface area contributed by atoms with Gasteiger partial charge in [-0.2, -0.15) is 0 Å².